The largest absolute Gasteiger partial charge is 0.433 e. The molecule has 19 heavy (non-hydrogen) atoms. The van der Waals surface area contributed by atoms with Gasteiger partial charge in [0.2, 0.25) is 11.9 Å². The Balaban J connectivity index is 2.08. The van der Waals surface area contributed by atoms with Crippen LogP contribution < -0.4 is 10.7 Å². The van der Waals surface area contributed by atoms with Crippen molar-refractivity contribution in [2.75, 3.05) is 12.9 Å². The van der Waals surface area contributed by atoms with Gasteiger partial charge in [0, 0.05) is 7.05 Å². The lowest BCUT2D eigenvalue weighted by Gasteiger charge is -2.20. The normalized spacial score (nSPS) is 17.9. The van der Waals surface area contributed by atoms with E-state index in [1.54, 1.807) is 11.9 Å². The predicted octanol–water partition coefficient (Wildman–Crippen LogP) is 0.347. The number of nitro groups is 1. The van der Waals surface area contributed by atoms with Crippen molar-refractivity contribution in [1.82, 2.24) is 15.6 Å². The molecule has 0 radical (unpaired) electrons. The van der Waals surface area contributed by atoms with Crippen LogP contribution in [0.3, 0.4) is 0 Å². The molecule has 10 heteroatoms. The first-order chi connectivity index (χ1) is 9.02. The fourth-order valence-electron chi connectivity index (χ4n) is 1.53. The first-order valence-electron chi connectivity index (χ1n) is 5.19. The van der Waals surface area contributed by atoms with Gasteiger partial charge in [-0.05, 0) is 6.07 Å². The summed E-state index contributed by atoms with van der Waals surface area (Å²) in [6, 6.07) is 2.72. The number of rotatable bonds is 3. The highest BCUT2D eigenvalue weighted by Gasteiger charge is 2.30. The highest BCUT2D eigenvalue weighted by atomic mass is 35.5. The summed E-state index contributed by atoms with van der Waals surface area (Å²) < 4.78 is 5.06. The Morgan fingerprint density at radius 3 is 3.05 bits per heavy atom. The maximum Gasteiger partial charge on any atom is 0.433 e. The first kappa shape index (κ1) is 13.1. The fraction of sp³-hybridized carbons (Fsp3) is 0.333. The Bertz CT molecular complexity index is 542. The standard InChI is InChI=1S/C9H10ClN5O4/c1-14-8(5-2-3-7(19-5)15(17)18)12-13-9(14)11-6(16)4-10/h2-3,8,12H,4H2,1H3,(H,11,13,16)/t8-/m1/s1. The van der Waals surface area contributed by atoms with E-state index in [4.69, 9.17) is 16.0 Å². The summed E-state index contributed by atoms with van der Waals surface area (Å²) >= 11 is 5.37. The molecule has 0 saturated heterocycles. The minimum Gasteiger partial charge on any atom is -0.401 e. The number of nitrogens with one attached hydrogen (secondary N) is 2. The van der Waals surface area contributed by atoms with Crippen molar-refractivity contribution in [3.63, 3.8) is 0 Å². The van der Waals surface area contributed by atoms with Crippen LogP contribution in [0.4, 0.5) is 5.88 Å². The molecule has 0 fully saturated rings. The molecule has 102 valence electrons. The summed E-state index contributed by atoms with van der Waals surface area (Å²) in [5.74, 6) is -0.379. The van der Waals surface area contributed by atoms with E-state index in [9.17, 15) is 14.9 Å². The van der Waals surface area contributed by atoms with Crippen LogP contribution >= 0.6 is 11.6 Å². The zero-order valence-corrected chi connectivity index (χ0v) is 10.5. The highest BCUT2D eigenvalue weighted by molar-refractivity contribution is 6.28. The number of hydrogen-bond donors (Lipinski definition) is 2. The van der Waals surface area contributed by atoms with Gasteiger partial charge in [-0.3, -0.25) is 25.7 Å². The predicted molar refractivity (Wildman–Crippen MR) is 65.3 cm³/mol. The fourth-order valence-corrected chi connectivity index (χ4v) is 1.59. The molecule has 0 spiro atoms. The van der Waals surface area contributed by atoms with Crippen molar-refractivity contribution in [3.05, 3.63) is 28.0 Å². The van der Waals surface area contributed by atoms with Crippen LogP contribution in [0.25, 0.3) is 0 Å². The van der Waals surface area contributed by atoms with Gasteiger partial charge in [-0.2, -0.15) is 0 Å². The minimum atomic E-state index is -0.629. The van der Waals surface area contributed by atoms with Crippen LogP contribution in [-0.4, -0.2) is 34.6 Å². The van der Waals surface area contributed by atoms with Crippen LogP contribution in [0.5, 0.6) is 0 Å². The molecule has 2 N–H and O–H groups in total. The topological polar surface area (TPSA) is 113 Å². The van der Waals surface area contributed by atoms with Crippen molar-refractivity contribution in [2.45, 2.75) is 6.17 Å². The quantitative estimate of drug-likeness (QED) is 0.471. The van der Waals surface area contributed by atoms with Gasteiger partial charge in [-0.15, -0.1) is 16.7 Å². The molecular weight excluding hydrogens is 278 g/mol. The zero-order chi connectivity index (χ0) is 14.0. The van der Waals surface area contributed by atoms with E-state index in [2.05, 4.69) is 15.8 Å². The number of hydrogen-bond acceptors (Lipinski definition) is 7. The van der Waals surface area contributed by atoms with Crippen molar-refractivity contribution in [3.8, 4) is 0 Å². The molecule has 1 aliphatic heterocycles. The number of furan rings is 1. The lowest BCUT2D eigenvalue weighted by molar-refractivity contribution is -0.402. The molecule has 0 aliphatic carbocycles. The lowest BCUT2D eigenvalue weighted by atomic mass is 10.3. The van der Waals surface area contributed by atoms with Gasteiger partial charge in [0.1, 0.15) is 10.8 Å². The number of hydrazone groups is 1. The summed E-state index contributed by atoms with van der Waals surface area (Å²) in [7, 11) is 1.65. The third-order valence-corrected chi connectivity index (χ3v) is 2.69. The average molecular weight is 288 g/mol. The molecular formula is C9H10ClN5O4. The summed E-state index contributed by atoms with van der Waals surface area (Å²) in [4.78, 5) is 22.6. The SMILES string of the molecule is CN1C(NC(=O)CCl)=NN[C@H]1c1ccc([N+](=O)[O-])o1. The van der Waals surface area contributed by atoms with Crippen LogP contribution in [-0.2, 0) is 4.79 Å². The molecule has 0 saturated carbocycles. The average Bonchev–Trinajstić information content (AvgIpc) is 2.97. The third kappa shape index (κ3) is 2.60. The van der Waals surface area contributed by atoms with Crippen molar-refractivity contribution < 1.29 is 14.1 Å². The smallest absolute Gasteiger partial charge is 0.401 e. The molecule has 0 bridgehead atoms. The monoisotopic (exact) mass is 287 g/mol. The maximum atomic E-state index is 11.2. The van der Waals surface area contributed by atoms with E-state index in [0.29, 0.717) is 5.76 Å². The Kier molecular flexibility index (Phi) is 3.56. The summed E-state index contributed by atoms with van der Waals surface area (Å²) in [6.45, 7) is 0. The maximum absolute atomic E-state index is 11.2. The van der Waals surface area contributed by atoms with Gasteiger partial charge in [0.05, 0.1) is 6.07 Å². The van der Waals surface area contributed by atoms with E-state index < -0.39 is 17.0 Å². The summed E-state index contributed by atoms with van der Waals surface area (Å²) in [5, 5.41) is 16.9. The molecule has 0 aromatic carbocycles. The Morgan fingerprint density at radius 1 is 1.74 bits per heavy atom. The second-order valence-corrected chi connectivity index (χ2v) is 3.96. The molecule has 2 heterocycles. The Morgan fingerprint density at radius 2 is 2.47 bits per heavy atom. The number of amides is 1. The van der Waals surface area contributed by atoms with E-state index in [0.717, 1.165) is 0 Å². The van der Waals surface area contributed by atoms with Gasteiger partial charge in [0.25, 0.3) is 0 Å². The van der Waals surface area contributed by atoms with Gasteiger partial charge >= 0.3 is 5.88 Å². The molecule has 1 aromatic rings. The second kappa shape index (κ2) is 5.14. The van der Waals surface area contributed by atoms with E-state index in [-0.39, 0.29) is 17.7 Å². The molecule has 1 aromatic heterocycles. The summed E-state index contributed by atoms with van der Waals surface area (Å²) in [6.07, 6.45) is -0.528. The molecule has 0 unspecified atom stereocenters. The number of carbonyl (C=O) groups is 1. The zero-order valence-electron chi connectivity index (χ0n) is 9.79. The molecule has 1 amide bonds. The number of alkyl halides is 1. The third-order valence-electron chi connectivity index (χ3n) is 2.45. The highest BCUT2D eigenvalue weighted by Crippen LogP contribution is 2.25. The van der Waals surface area contributed by atoms with Gasteiger partial charge in [0.15, 0.2) is 11.9 Å². The Hall–Kier alpha value is -2.29. The number of halogens is 1. The molecule has 2 rings (SSSR count). The van der Waals surface area contributed by atoms with E-state index in [1.165, 1.54) is 12.1 Å². The van der Waals surface area contributed by atoms with Crippen LogP contribution in [0.15, 0.2) is 21.7 Å². The number of nitrogens with zero attached hydrogens (tertiary/aromatic N) is 3. The van der Waals surface area contributed by atoms with Gasteiger partial charge in [-0.1, -0.05) is 0 Å². The van der Waals surface area contributed by atoms with Crippen molar-refractivity contribution in [1.29, 1.82) is 0 Å². The van der Waals surface area contributed by atoms with Crippen molar-refractivity contribution >= 4 is 29.4 Å². The van der Waals surface area contributed by atoms with E-state index in [1.807, 2.05) is 0 Å². The Labute approximate surface area is 112 Å². The van der Waals surface area contributed by atoms with Gasteiger partial charge in [-0.25, -0.2) is 0 Å². The van der Waals surface area contributed by atoms with Crippen LogP contribution in [0.2, 0.25) is 0 Å². The second-order valence-electron chi connectivity index (χ2n) is 3.69. The van der Waals surface area contributed by atoms with Gasteiger partial charge < -0.3 is 9.32 Å². The van der Waals surface area contributed by atoms with Crippen molar-refractivity contribution in [2.24, 2.45) is 5.10 Å². The lowest BCUT2D eigenvalue weighted by Crippen LogP contribution is -2.41. The number of carbonyl (C=O) groups excluding carboxylic acids is 1. The molecule has 9 nitrogen and oxygen atoms in total. The van der Waals surface area contributed by atoms with E-state index >= 15 is 0 Å². The van der Waals surface area contributed by atoms with Crippen LogP contribution in [0, 0.1) is 10.1 Å². The first-order valence-corrected chi connectivity index (χ1v) is 5.72. The number of guanidine groups is 1. The summed E-state index contributed by atoms with van der Waals surface area (Å²) in [5.41, 5.74) is 2.69. The van der Waals surface area contributed by atoms with Crippen LogP contribution in [0.1, 0.15) is 11.9 Å². The molecule has 1 atom stereocenters. The molecule has 1 aliphatic rings. The minimum absolute atomic E-state index is 0.191.